The van der Waals surface area contributed by atoms with Gasteiger partial charge in [-0.15, -0.1) is 0 Å². The van der Waals surface area contributed by atoms with E-state index in [9.17, 15) is 9.59 Å². The highest BCUT2D eigenvalue weighted by Gasteiger charge is 2.12. The van der Waals surface area contributed by atoms with Gasteiger partial charge < -0.3 is 34.7 Å². The fraction of sp³-hybridized carbons (Fsp3) is 0.217. The highest BCUT2D eigenvalue weighted by molar-refractivity contribution is 6.02. The van der Waals surface area contributed by atoms with E-state index in [1.165, 1.54) is 40.6 Å². The Kier molecular flexibility index (Phi) is 8.97. The highest BCUT2D eigenvalue weighted by atomic mass is 16.5. The Labute approximate surface area is 186 Å². The summed E-state index contributed by atoms with van der Waals surface area (Å²) in [6.45, 7) is 0.275. The Hall–Kier alpha value is -4.14. The van der Waals surface area contributed by atoms with Crippen molar-refractivity contribution in [2.75, 3.05) is 45.6 Å². The van der Waals surface area contributed by atoms with Gasteiger partial charge in [0.15, 0.2) is 0 Å². The molecule has 32 heavy (non-hydrogen) atoms. The molecule has 0 fully saturated rings. The minimum Gasteiger partial charge on any atom is -0.496 e. The zero-order valence-electron chi connectivity index (χ0n) is 18.3. The van der Waals surface area contributed by atoms with E-state index in [4.69, 9.17) is 24.1 Å². The maximum Gasteiger partial charge on any atom is 0.328 e. The van der Waals surface area contributed by atoms with Gasteiger partial charge in [0.25, 0.3) is 0 Å². The molecule has 3 N–H and O–H groups in total. The van der Waals surface area contributed by atoms with Crippen molar-refractivity contribution in [1.29, 1.82) is 0 Å². The van der Waals surface area contributed by atoms with Gasteiger partial charge in [-0.25, -0.2) is 4.79 Å². The summed E-state index contributed by atoms with van der Waals surface area (Å²) in [6.07, 6.45) is 5.45. The van der Waals surface area contributed by atoms with Crippen LogP contribution in [0.2, 0.25) is 0 Å². The third-order valence-corrected chi connectivity index (χ3v) is 4.29. The zero-order chi connectivity index (χ0) is 23.5. The number of aliphatic carboxylic acids is 1. The van der Waals surface area contributed by atoms with Crippen molar-refractivity contribution in [3.05, 3.63) is 54.1 Å². The van der Waals surface area contributed by atoms with Gasteiger partial charge in [0, 0.05) is 36.5 Å². The van der Waals surface area contributed by atoms with Crippen LogP contribution >= 0.6 is 0 Å². The molecular formula is C23H26N2O7. The van der Waals surface area contributed by atoms with Gasteiger partial charge in [-0.1, -0.05) is 6.08 Å². The molecule has 0 saturated heterocycles. The van der Waals surface area contributed by atoms with E-state index in [-0.39, 0.29) is 12.5 Å². The smallest absolute Gasteiger partial charge is 0.328 e. The minimum absolute atomic E-state index is 0.275. The lowest BCUT2D eigenvalue weighted by molar-refractivity contribution is -0.131. The van der Waals surface area contributed by atoms with Crippen LogP contribution in [0, 0.1) is 0 Å². The summed E-state index contributed by atoms with van der Waals surface area (Å²) in [5, 5.41) is 14.5. The number of carbonyl (C=O) groups is 2. The van der Waals surface area contributed by atoms with Crippen molar-refractivity contribution >= 4 is 29.3 Å². The molecule has 0 aliphatic carbocycles. The van der Waals surface area contributed by atoms with Gasteiger partial charge in [-0.2, -0.15) is 0 Å². The molecule has 0 spiro atoms. The fourth-order valence-electron chi connectivity index (χ4n) is 2.79. The van der Waals surface area contributed by atoms with Gasteiger partial charge in [-0.05, 0) is 24.3 Å². The summed E-state index contributed by atoms with van der Waals surface area (Å²) < 4.78 is 21.3. The number of hydrogen-bond donors (Lipinski definition) is 3. The first-order valence-corrected chi connectivity index (χ1v) is 9.52. The molecule has 0 aromatic heterocycles. The number of hydrogen-bond acceptors (Lipinski definition) is 7. The lowest BCUT2D eigenvalue weighted by atomic mass is 10.1. The van der Waals surface area contributed by atoms with E-state index in [2.05, 4.69) is 10.6 Å². The van der Waals surface area contributed by atoms with E-state index in [0.717, 1.165) is 6.08 Å². The van der Waals surface area contributed by atoms with E-state index in [1.54, 1.807) is 36.4 Å². The van der Waals surface area contributed by atoms with Crippen LogP contribution in [0.5, 0.6) is 23.0 Å². The topological polar surface area (TPSA) is 115 Å². The predicted molar refractivity (Wildman–Crippen MR) is 122 cm³/mol. The maximum atomic E-state index is 12.5. The number of carboxylic acid groups (broad SMARTS) is 1. The van der Waals surface area contributed by atoms with Crippen LogP contribution in [0.4, 0.5) is 11.4 Å². The van der Waals surface area contributed by atoms with Gasteiger partial charge in [0.2, 0.25) is 5.91 Å². The van der Waals surface area contributed by atoms with Crippen molar-refractivity contribution in [3.8, 4) is 23.0 Å². The number of rotatable bonds is 11. The molecule has 9 nitrogen and oxygen atoms in total. The Morgan fingerprint density at radius 3 is 2.12 bits per heavy atom. The standard InChI is InChI=1S/C23H26N2O7/c1-29-16-13-20(31-3)17(21(14-16)32-4)8-10-22(26)25-15-7-9-19(30-2)18(12-15)24-11-5-6-23(27)28/h5-10,12-14,24H,11H2,1-4H3,(H,25,26)(H,27,28). The van der Waals surface area contributed by atoms with Crippen molar-refractivity contribution < 1.29 is 33.6 Å². The second-order valence-corrected chi connectivity index (χ2v) is 6.30. The summed E-state index contributed by atoms with van der Waals surface area (Å²) in [7, 11) is 6.09. The Bertz CT molecular complexity index is 990. The van der Waals surface area contributed by atoms with E-state index >= 15 is 0 Å². The molecule has 0 atom stereocenters. The van der Waals surface area contributed by atoms with Crippen LogP contribution in [0.3, 0.4) is 0 Å². The van der Waals surface area contributed by atoms with Crippen LogP contribution in [0.25, 0.3) is 6.08 Å². The van der Waals surface area contributed by atoms with Crippen LogP contribution in [0.1, 0.15) is 5.56 Å². The Balaban J connectivity index is 2.17. The molecule has 9 heteroatoms. The molecule has 1 amide bonds. The SMILES string of the molecule is COc1cc(OC)c(C=CC(=O)Nc2ccc(OC)c(NCC=CC(=O)O)c2)c(OC)c1. The monoisotopic (exact) mass is 442 g/mol. The molecule has 0 saturated carbocycles. The van der Waals surface area contributed by atoms with Crippen LogP contribution < -0.4 is 29.6 Å². The minimum atomic E-state index is -1.03. The van der Waals surface area contributed by atoms with E-state index in [0.29, 0.717) is 39.9 Å². The molecule has 170 valence electrons. The number of nitrogens with one attached hydrogen (secondary N) is 2. The van der Waals surface area contributed by atoms with Crippen molar-refractivity contribution in [3.63, 3.8) is 0 Å². The maximum absolute atomic E-state index is 12.5. The van der Waals surface area contributed by atoms with Crippen molar-refractivity contribution in [2.45, 2.75) is 0 Å². The zero-order valence-corrected chi connectivity index (χ0v) is 18.3. The molecule has 0 radical (unpaired) electrons. The lowest BCUT2D eigenvalue weighted by Crippen LogP contribution is -2.09. The highest BCUT2D eigenvalue weighted by Crippen LogP contribution is 2.35. The first-order valence-electron chi connectivity index (χ1n) is 9.52. The van der Waals surface area contributed by atoms with Crippen molar-refractivity contribution in [1.82, 2.24) is 0 Å². The molecule has 0 aliphatic heterocycles. The second-order valence-electron chi connectivity index (χ2n) is 6.30. The molecule has 0 heterocycles. The largest absolute Gasteiger partial charge is 0.496 e. The molecule has 0 aliphatic rings. The normalized spacial score (nSPS) is 10.8. The number of benzene rings is 2. The van der Waals surface area contributed by atoms with Crippen LogP contribution in [-0.4, -0.2) is 52.0 Å². The summed E-state index contributed by atoms with van der Waals surface area (Å²) in [4.78, 5) is 23.0. The first kappa shape index (κ1) is 24.1. The van der Waals surface area contributed by atoms with Crippen molar-refractivity contribution in [2.24, 2.45) is 0 Å². The number of methoxy groups -OCH3 is 4. The summed E-state index contributed by atoms with van der Waals surface area (Å²) in [5.41, 5.74) is 1.72. The molecule has 2 rings (SSSR count). The lowest BCUT2D eigenvalue weighted by Gasteiger charge is -2.13. The summed E-state index contributed by atoms with van der Waals surface area (Å²) >= 11 is 0. The fourth-order valence-corrected chi connectivity index (χ4v) is 2.79. The van der Waals surface area contributed by atoms with Gasteiger partial charge in [-0.3, -0.25) is 4.79 Å². The average molecular weight is 442 g/mol. The predicted octanol–water partition coefficient (Wildman–Crippen LogP) is 3.43. The molecule has 2 aromatic carbocycles. The van der Waals surface area contributed by atoms with Crippen LogP contribution in [-0.2, 0) is 9.59 Å². The number of ether oxygens (including phenoxy) is 4. The Morgan fingerprint density at radius 1 is 0.906 bits per heavy atom. The van der Waals surface area contributed by atoms with E-state index in [1.807, 2.05) is 0 Å². The number of carboxylic acids is 1. The summed E-state index contributed by atoms with van der Waals surface area (Å²) in [5.74, 6) is 0.710. The quantitative estimate of drug-likeness (QED) is 0.454. The average Bonchev–Trinajstić information content (AvgIpc) is 2.79. The molecule has 2 aromatic rings. The first-order chi connectivity index (χ1) is 15.4. The van der Waals surface area contributed by atoms with Gasteiger partial charge in [0.1, 0.15) is 23.0 Å². The third-order valence-electron chi connectivity index (χ3n) is 4.29. The Morgan fingerprint density at radius 2 is 1.56 bits per heavy atom. The number of anilines is 2. The van der Waals surface area contributed by atoms with Gasteiger partial charge >= 0.3 is 5.97 Å². The van der Waals surface area contributed by atoms with E-state index < -0.39 is 5.97 Å². The third kappa shape index (κ3) is 6.69. The molecule has 0 unspecified atom stereocenters. The molecule has 0 bridgehead atoms. The second kappa shape index (κ2) is 11.9. The van der Waals surface area contributed by atoms with Gasteiger partial charge in [0.05, 0.1) is 39.7 Å². The summed E-state index contributed by atoms with van der Waals surface area (Å²) in [6, 6.07) is 8.46. The number of amides is 1. The number of carbonyl (C=O) groups excluding carboxylic acids is 1. The molecular weight excluding hydrogens is 416 g/mol. The van der Waals surface area contributed by atoms with Crippen LogP contribution in [0.15, 0.2) is 48.6 Å².